The summed E-state index contributed by atoms with van der Waals surface area (Å²) in [5.74, 6) is 0.590. The molecule has 3 heteroatoms. The van der Waals surface area contributed by atoms with Gasteiger partial charge in [0.25, 0.3) is 0 Å². The molecule has 2 rings (SSSR count). The van der Waals surface area contributed by atoms with E-state index in [2.05, 4.69) is 49.6 Å². The number of hydrogen-bond acceptors (Lipinski definition) is 2. The first-order valence-corrected chi connectivity index (χ1v) is 7.36. The second-order valence-corrected chi connectivity index (χ2v) is 5.46. The molecule has 0 spiro atoms. The van der Waals surface area contributed by atoms with Gasteiger partial charge in [-0.3, -0.25) is 4.79 Å². The third-order valence-corrected chi connectivity index (χ3v) is 3.97. The topological polar surface area (TPSA) is 23.6 Å². The van der Waals surface area contributed by atoms with Crippen molar-refractivity contribution in [2.24, 2.45) is 5.92 Å². The number of anilines is 1. The summed E-state index contributed by atoms with van der Waals surface area (Å²) in [6.07, 6.45) is 2.52. The second-order valence-electron chi connectivity index (χ2n) is 5.46. The van der Waals surface area contributed by atoms with E-state index in [-0.39, 0.29) is 5.91 Å². The monoisotopic (exact) mass is 272 g/mol. The first-order valence-electron chi connectivity index (χ1n) is 7.36. The number of likely N-dealkylation sites (N-methyl/N-ethyl adjacent to an activating group) is 1. The van der Waals surface area contributed by atoms with Crippen molar-refractivity contribution in [2.75, 3.05) is 31.1 Å². The minimum absolute atomic E-state index is 0.259. The Kier molecular flexibility index (Phi) is 4.83. The van der Waals surface area contributed by atoms with Gasteiger partial charge in [0, 0.05) is 44.2 Å². The maximum Gasteiger partial charge on any atom is 0.223 e. The fraction of sp³-hybridized carbons (Fsp3) is 0.471. The average molecular weight is 272 g/mol. The van der Waals surface area contributed by atoms with Crippen LogP contribution in [0.4, 0.5) is 5.69 Å². The Morgan fingerprint density at radius 1 is 1.50 bits per heavy atom. The molecule has 1 aliphatic rings. The van der Waals surface area contributed by atoms with E-state index >= 15 is 0 Å². The molecule has 0 aliphatic carbocycles. The van der Waals surface area contributed by atoms with Crippen LogP contribution in [0.15, 0.2) is 36.9 Å². The van der Waals surface area contributed by atoms with Crippen LogP contribution in [0, 0.1) is 12.8 Å². The molecule has 1 atom stereocenters. The molecule has 1 aliphatic heterocycles. The van der Waals surface area contributed by atoms with Crippen molar-refractivity contribution in [3.63, 3.8) is 0 Å². The van der Waals surface area contributed by atoms with Crippen LogP contribution in [-0.2, 0) is 4.79 Å². The SMILES string of the molecule is C=CC1CC(=O)N(CCN(CC)c2cccc(C)c2)C1. The number of rotatable bonds is 6. The lowest BCUT2D eigenvalue weighted by atomic mass is 10.1. The number of nitrogens with zero attached hydrogens (tertiary/aromatic N) is 2. The summed E-state index contributed by atoms with van der Waals surface area (Å²) in [6.45, 7) is 11.5. The average Bonchev–Trinajstić information content (AvgIpc) is 2.80. The lowest BCUT2D eigenvalue weighted by Gasteiger charge is -2.26. The predicted octanol–water partition coefficient (Wildman–Crippen LogP) is 2.86. The molecule has 1 aromatic rings. The smallest absolute Gasteiger partial charge is 0.223 e. The third kappa shape index (κ3) is 3.41. The fourth-order valence-corrected chi connectivity index (χ4v) is 2.71. The molecule has 0 bridgehead atoms. The molecule has 20 heavy (non-hydrogen) atoms. The molecule has 1 amide bonds. The minimum atomic E-state index is 0.259. The van der Waals surface area contributed by atoms with Crippen LogP contribution in [0.1, 0.15) is 18.9 Å². The lowest BCUT2D eigenvalue weighted by Crippen LogP contribution is -2.36. The summed E-state index contributed by atoms with van der Waals surface area (Å²) >= 11 is 0. The minimum Gasteiger partial charge on any atom is -0.370 e. The maximum absolute atomic E-state index is 11.9. The van der Waals surface area contributed by atoms with Gasteiger partial charge in [-0.15, -0.1) is 6.58 Å². The lowest BCUT2D eigenvalue weighted by molar-refractivity contribution is -0.127. The van der Waals surface area contributed by atoms with Crippen molar-refractivity contribution in [3.05, 3.63) is 42.5 Å². The normalized spacial score (nSPS) is 18.4. The Morgan fingerprint density at radius 2 is 2.30 bits per heavy atom. The van der Waals surface area contributed by atoms with Gasteiger partial charge < -0.3 is 9.80 Å². The van der Waals surface area contributed by atoms with Crippen molar-refractivity contribution in [1.82, 2.24) is 4.90 Å². The second kappa shape index (κ2) is 6.60. The highest BCUT2D eigenvalue weighted by atomic mass is 16.2. The first kappa shape index (κ1) is 14.6. The highest BCUT2D eigenvalue weighted by molar-refractivity contribution is 5.79. The number of carbonyl (C=O) groups excluding carboxylic acids is 1. The van der Waals surface area contributed by atoms with E-state index < -0.39 is 0 Å². The largest absolute Gasteiger partial charge is 0.370 e. The molecule has 1 unspecified atom stereocenters. The molecule has 1 heterocycles. The van der Waals surface area contributed by atoms with Crippen molar-refractivity contribution in [3.8, 4) is 0 Å². The van der Waals surface area contributed by atoms with Crippen LogP contribution in [0.2, 0.25) is 0 Å². The Bertz CT molecular complexity index is 484. The van der Waals surface area contributed by atoms with Gasteiger partial charge in [0.15, 0.2) is 0 Å². The Hall–Kier alpha value is -1.77. The summed E-state index contributed by atoms with van der Waals surface area (Å²) in [5.41, 5.74) is 2.50. The zero-order valence-electron chi connectivity index (χ0n) is 12.5. The molecule has 1 fully saturated rings. The number of aryl methyl sites for hydroxylation is 1. The van der Waals surface area contributed by atoms with Crippen molar-refractivity contribution in [2.45, 2.75) is 20.3 Å². The molecule has 0 aromatic heterocycles. The van der Waals surface area contributed by atoms with E-state index in [1.165, 1.54) is 11.3 Å². The van der Waals surface area contributed by atoms with Crippen LogP contribution in [-0.4, -0.2) is 37.0 Å². The van der Waals surface area contributed by atoms with Gasteiger partial charge in [-0.1, -0.05) is 18.2 Å². The molecule has 0 saturated carbocycles. The van der Waals surface area contributed by atoms with E-state index in [1.54, 1.807) is 0 Å². The van der Waals surface area contributed by atoms with Crippen LogP contribution in [0.3, 0.4) is 0 Å². The van der Waals surface area contributed by atoms with Gasteiger partial charge in [-0.05, 0) is 31.5 Å². The standard InChI is InChI=1S/C17H24N2O/c1-4-15-12-17(20)19(13-15)10-9-18(5-2)16-8-6-7-14(3)11-16/h4,6-8,11,15H,1,5,9-10,12-13H2,2-3H3. The highest BCUT2D eigenvalue weighted by Gasteiger charge is 2.27. The molecular weight excluding hydrogens is 248 g/mol. The fourth-order valence-electron chi connectivity index (χ4n) is 2.71. The Labute approximate surface area is 121 Å². The molecule has 0 radical (unpaired) electrons. The predicted molar refractivity (Wildman–Crippen MR) is 84.0 cm³/mol. The van der Waals surface area contributed by atoms with Gasteiger partial charge in [0.05, 0.1) is 0 Å². The number of amides is 1. The maximum atomic E-state index is 11.9. The Balaban J connectivity index is 1.94. The molecule has 1 saturated heterocycles. The van der Waals surface area contributed by atoms with Crippen LogP contribution >= 0.6 is 0 Å². The Morgan fingerprint density at radius 3 is 2.90 bits per heavy atom. The quantitative estimate of drug-likeness (QED) is 0.743. The summed E-state index contributed by atoms with van der Waals surface area (Å²) in [6, 6.07) is 8.52. The van der Waals surface area contributed by atoms with E-state index in [0.29, 0.717) is 12.3 Å². The van der Waals surface area contributed by atoms with Gasteiger partial charge >= 0.3 is 0 Å². The van der Waals surface area contributed by atoms with Crippen LogP contribution in [0.25, 0.3) is 0 Å². The van der Waals surface area contributed by atoms with E-state index in [0.717, 1.165) is 26.2 Å². The van der Waals surface area contributed by atoms with Crippen LogP contribution < -0.4 is 4.90 Å². The zero-order valence-corrected chi connectivity index (χ0v) is 12.5. The van der Waals surface area contributed by atoms with Crippen molar-refractivity contribution < 1.29 is 4.79 Å². The third-order valence-electron chi connectivity index (χ3n) is 3.97. The van der Waals surface area contributed by atoms with Gasteiger partial charge in [0.1, 0.15) is 0 Å². The summed E-state index contributed by atoms with van der Waals surface area (Å²) < 4.78 is 0. The van der Waals surface area contributed by atoms with E-state index in [9.17, 15) is 4.79 Å². The van der Waals surface area contributed by atoms with Gasteiger partial charge in [0.2, 0.25) is 5.91 Å². The number of likely N-dealkylation sites (tertiary alicyclic amines) is 1. The number of benzene rings is 1. The summed E-state index contributed by atoms with van der Waals surface area (Å²) in [5, 5.41) is 0. The van der Waals surface area contributed by atoms with E-state index in [1.807, 2.05) is 11.0 Å². The number of carbonyl (C=O) groups is 1. The van der Waals surface area contributed by atoms with Crippen LogP contribution in [0.5, 0.6) is 0 Å². The van der Waals surface area contributed by atoms with Crippen molar-refractivity contribution >= 4 is 11.6 Å². The van der Waals surface area contributed by atoms with E-state index in [4.69, 9.17) is 0 Å². The highest BCUT2D eigenvalue weighted by Crippen LogP contribution is 2.19. The molecule has 0 N–H and O–H groups in total. The molecule has 3 nitrogen and oxygen atoms in total. The van der Waals surface area contributed by atoms with Gasteiger partial charge in [-0.2, -0.15) is 0 Å². The number of hydrogen-bond donors (Lipinski definition) is 0. The van der Waals surface area contributed by atoms with Gasteiger partial charge in [-0.25, -0.2) is 0 Å². The van der Waals surface area contributed by atoms with Crippen molar-refractivity contribution in [1.29, 1.82) is 0 Å². The first-order chi connectivity index (χ1) is 9.63. The molecule has 1 aromatic carbocycles. The summed E-state index contributed by atoms with van der Waals surface area (Å²) in [7, 11) is 0. The molecule has 108 valence electrons. The molecular formula is C17H24N2O. The summed E-state index contributed by atoms with van der Waals surface area (Å²) in [4.78, 5) is 16.2. The zero-order chi connectivity index (χ0) is 14.5.